The highest BCUT2D eigenvalue weighted by Gasteiger charge is 2.36. The van der Waals surface area contributed by atoms with Gasteiger partial charge in [-0.15, -0.1) is 12.6 Å². The van der Waals surface area contributed by atoms with Crippen LogP contribution in [0.5, 0.6) is 0 Å². The van der Waals surface area contributed by atoms with Crippen molar-refractivity contribution in [1.82, 2.24) is 0 Å². The van der Waals surface area contributed by atoms with Crippen LogP contribution in [0.3, 0.4) is 0 Å². The van der Waals surface area contributed by atoms with Gasteiger partial charge in [0.25, 0.3) is 0 Å². The van der Waals surface area contributed by atoms with E-state index in [-0.39, 0.29) is 18.9 Å². The molecule has 0 radical (unpaired) electrons. The van der Waals surface area contributed by atoms with E-state index in [0.717, 1.165) is 4.90 Å². The van der Waals surface area contributed by atoms with Crippen LogP contribution in [-0.2, 0) is 14.8 Å². The van der Waals surface area contributed by atoms with E-state index in [1.54, 1.807) is 24.3 Å². The fourth-order valence-corrected chi connectivity index (χ4v) is 2.66. The maximum Gasteiger partial charge on any atom is 0.228 e. The largest absolute Gasteiger partial charge is 0.311 e. The fourth-order valence-electron chi connectivity index (χ4n) is 1.78. The zero-order valence-corrected chi connectivity index (χ0v) is 10.6. The van der Waals surface area contributed by atoms with Crippen LogP contribution < -0.4 is 10.0 Å². The number of hydrogen-bond donors (Lipinski definition) is 2. The second-order valence-corrected chi connectivity index (χ2v) is 6.30. The smallest absolute Gasteiger partial charge is 0.228 e. The van der Waals surface area contributed by atoms with E-state index in [9.17, 15) is 13.2 Å². The third kappa shape index (κ3) is 2.62. The Morgan fingerprint density at radius 2 is 1.88 bits per heavy atom. The normalized spacial score (nSPS) is 20.9. The second-order valence-electron chi connectivity index (χ2n) is 3.94. The number of benzene rings is 1. The summed E-state index contributed by atoms with van der Waals surface area (Å²) in [6.07, 6.45) is -0.0541. The van der Waals surface area contributed by atoms with Crippen LogP contribution in [0, 0.1) is 0 Å². The summed E-state index contributed by atoms with van der Waals surface area (Å²) in [6, 6.07) is 6.95. The Kier molecular flexibility index (Phi) is 3.15. The van der Waals surface area contributed by atoms with E-state index in [4.69, 9.17) is 5.14 Å². The van der Waals surface area contributed by atoms with E-state index in [0.29, 0.717) is 5.69 Å². The maximum absolute atomic E-state index is 11.7. The number of anilines is 1. The summed E-state index contributed by atoms with van der Waals surface area (Å²) in [4.78, 5) is 13.9. The summed E-state index contributed by atoms with van der Waals surface area (Å²) < 4.78 is 22.4. The monoisotopic (exact) mass is 272 g/mol. The van der Waals surface area contributed by atoms with E-state index >= 15 is 0 Å². The number of rotatable bonds is 2. The Morgan fingerprint density at radius 1 is 1.29 bits per heavy atom. The van der Waals surface area contributed by atoms with Gasteiger partial charge in [-0.25, -0.2) is 13.6 Å². The van der Waals surface area contributed by atoms with Gasteiger partial charge in [0.2, 0.25) is 15.9 Å². The van der Waals surface area contributed by atoms with E-state index in [2.05, 4.69) is 12.6 Å². The number of amides is 1. The molecule has 2 rings (SSSR count). The van der Waals surface area contributed by atoms with Gasteiger partial charge in [0.15, 0.2) is 0 Å². The number of carbonyl (C=O) groups is 1. The molecule has 1 aliphatic heterocycles. The zero-order valence-electron chi connectivity index (χ0n) is 8.91. The molecule has 1 aromatic carbocycles. The lowest BCUT2D eigenvalue weighted by Crippen LogP contribution is -2.32. The Labute approximate surface area is 105 Å². The predicted octanol–water partition coefficient (Wildman–Crippen LogP) is 0.369. The Bertz CT molecular complexity index is 539. The van der Waals surface area contributed by atoms with Crippen molar-refractivity contribution in [3.63, 3.8) is 0 Å². The topological polar surface area (TPSA) is 80.5 Å². The molecule has 0 aromatic heterocycles. The fraction of sp³-hybridized carbons (Fsp3) is 0.300. The minimum Gasteiger partial charge on any atom is -0.311 e. The van der Waals surface area contributed by atoms with Gasteiger partial charge in [-0.1, -0.05) is 0 Å². The van der Waals surface area contributed by atoms with Crippen molar-refractivity contribution < 1.29 is 13.2 Å². The molecule has 1 heterocycles. The molecular formula is C10H12N2O3S2. The van der Waals surface area contributed by atoms with Gasteiger partial charge in [0.05, 0.1) is 0 Å². The Morgan fingerprint density at radius 3 is 2.35 bits per heavy atom. The molecule has 1 fully saturated rings. The molecule has 0 aliphatic carbocycles. The Balaban J connectivity index is 2.24. The summed E-state index contributed by atoms with van der Waals surface area (Å²) in [5, 5.41) is 4.23. The highest BCUT2D eigenvalue weighted by Crippen LogP contribution is 2.24. The highest BCUT2D eigenvalue weighted by molar-refractivity contribution is 7.89. The second kappa shape index (κ2) is 4.32. The van der Waals surface area contributed by atoms with Crippen LogP contribution in [-0.4, -0.2) is 26.1 Å². The zero-order chi connectivity index (χ0) is 12.6. The molecular weight excluding hydrogens is 260 g/mol. The lowest BCUT2D eigenvalue weighted by atomic mass is 10.3. The first-order valence-electron chi connectivity index (χ1n) is 4.99. The summed E-state index contributed by atoms with van der Waals surface area (Å²) in [5.74, 6) is -0.226. The minimum absolute atomic E-state index is 0.0541. The van der Waals surface area contributed by atoms with Crippen molar-refractivity contribution in [1.29, 1.82) is 0 Å². The molecule has 1 unspecified atom stereocenters. The summed E-state index contributed by atoms with van der Waals surface area (Å²) in [6.45, 7) is 0.115. The van der Waals surface area contributed by atoms with E-state index in [1.807, 2.05) is 0 Å². The van der Waals surface area contributed by atoms with Crippen LogP contribution in [0.2, 0.25) is 0 Å². The lowest BCUT2D eigenvalue weighted by Gasteiger charge is -2.16. The van der Waals surface area contributed by atoms with Gasteiger partial charge in [-0.05, 0) is 24.3 Å². The van der Waals surface area contributed by atoms with Crippen molar-refractivity contribution >= 4 is 34.2 Å². The van der Waals surface area contributed by atoms with Crippen molar-refractivity contribution in [2.75, 3.05) is 11.4 Å². The predicted molar refractivity (Wildman–Crippen MR) is 67.6 cm³/mol. The molecule has 0 saturated carbocycles. The minimum atomic E-state index is -3.66. The van der Waals surface area contributed by atoms with Gasteiger partial charge in [0, 0.05) is 23.5 Å². The molecule has 1 saturated heterocycles. The average molecular weight is 272 g/mol. The molecule has 92 valence electrons. The molecule has 17 heavy (non-hydrogen) atoms. The summed E-state index contributed by atoms with van der Waals surface area (Å²) >= 11 is 4.14. The summed E-state index contributed by atoms with van der Waals surface area (Å²) in [7, 11) is -3.66. The van der Waals surface area contributed by atoms with Crippen LogP contribution in [0.25, 0.3) is 0 Å². The van der Waals surface area contributed by atoms with Crippen molar-refractivity contribution in [3.8, 4) is 0 Å². The first kappa shape index (κ1) is 12.4. The number of carbonyl (C=O) groups excluding carboxylic acids is 1. The molecule has 1 aromatic rings. The SMILES string of the molecule is NS(=O)(=O)C1CC(=O)N(c2ccc(S)cc2)C1. The first-order chi connectivity index (χ1) is 7.88. The molecule has 1 amide bonds. The Hall–Kier alpha value is -1.05. The molecule has 1 atom stereocenters. The number of hydrogen-bond acceptors (Lipinski definition) is 4. The van der Waals surface area contributed by atoms with Crippen molar-refractivity contribution in [3.05, 3.63) is 24.3 Å². The van der Waals surface area contributed by atoms with Crippen LogP contribution in [0.15, 0.2) is 29.2 Å². The molecule has 1 aliphatic rings. The highest BCUT2D eigenvalue weighted by atomic mass is 32.2. The van der Waals surface area contributed by atoms with Crippen LogP contribution >= 0.6 is 12.6 Å². The van der Waals surface area contributed by atoms with E-state index < -0.39 is 15.3 Å². The quantitative estimate of drug-likeness (QED) is 0.763. The van der Waals surface area contributed by atoms with Gasteiger partial charge in [0.1, 0.15) is 5.25 Å². The van der Waals surface area contributed by atoms with Crippen molar-refractivity contribution in [2.24, 2.45) is 5.14 Å². The molecule has 2 N–H and O–H groups in total. The third-order valence-corrected chi connectivity index (χ3v) is 4.26. The van der Waals surface area contributed by atoms with E-state index in [1.165, 1.54) is 4.90 Å². The molecule has 7 heteroatoms. The first-order valence-corrected chi connectivity index (χ1v) is 7.04. The molecule has 0 bridgehead atoms. The van der Waals surface area contributed by atoms with Gasteiger partial charge < -0.3 is 4.90 Å². The lowest BCUT2D eigenvalue weighted by molar-refractivity contribution is -0.117. The van der Waals surface area contributed by atoms with Gasteiger partial charge in [-0.2, -0.15) is 0 Å². The number of primary sulfonamides is 1. The number of thiol groups is 1. The molecule has 0 spiro atoms. The average Bonchev–Trinajstić information content (AvgIpc) is 2.61. The maximum atomic E-state index is 11.7. The van der Waals surface area contributed by atoms with Crippen molar-refractivity contribution in [2.45, 2.75) is 16.6 Å². The van der Waals surface area contributed by atoms with Crippen LogP contribution in [0.4, 0.5) is 5.69 Å². The van der Waals surface area contributed by atoms with Gasteiger partial charge >= 0.3 is 0 Å². The van der Waals surface area contributed by atoms with Crippen LogP contribution in [0.1, 0.15) is 6.42 Å². The summed E-state index contributed by atoms with van der Waals surface area (Å²) in [5.41, 5.74) is 0.666. The molecule has 5 nitrogen and oxygen atoms in total. The number of sulfonamides is 1. The standard InChI is InChI=1S/C10H12N2O3S2/c11-17(14,15)9-5-10(13)12(6-9)7-1-3-8(16)4-2-7/h1-4,9,16H,5-6H2,(H2,11,14,15). The van der Waals surface area contributed by atoms with Gasteiger partial charge in [-0.3, -0.25) is 4.79 Å². The number of nitrogens with two attached hydrogens (primary N) is 1. The number of nitrogens with zero attached hydrogens (tertiary/aromatic N) is 1. The third-order valence-electron chi connectivity index (χ3n) is 2.72.